The number of nitrogens with zero attached hydrogens (tertiary/aromatic N) is 1. The molecular weight excluding hydrogens is 271 g/mol. The van der Waals surface area contributed by atoms with Crippen molar-refractivity contribution >= 4 is 11.3 Å². The first-order chi connectivity index (χ1) is 9.70. The molecule has 2 aromatic rings. The first kappa shape index (κ1) is 15.2. The van der Waals surface area contributed by atoms with Crippen molar-refractivity contribution in [2.75, 3.05) is 20.6 Å². The van der Waals surface area contributed by atoms with Crippen molar-refractivity contribution in [3.63, 3.8) is 0 Å². The summed E-state index contributed by atoms with van der Waals surface area (Å²) < 4.78 is 13.8. The summed E-state index contributed by atoms with van der Waals surface area (Å²) in [5, 5.41) is 7.47. The van der Waals surface area contributed by atoms with E-state index in [1.54, 1.807) is 17.4 Å². The molecule has 0 aliphatic heterocycles. The van der Waals surface area contributed by atoms with Crippen LogP contribution in [0.25, 0.3) is 0 Å². The molecule has 0 radical (unpaired) electrons. The number of halogens is 1. The molecule has 108 valence electrons. The Hall–Kier alpha value is -1.23. The van der Waals surface area contributed by atoms with E-state index in [1.807, 2.05) is 19.2 Å². The lowest BCUT2D eigenvalue weighted by Crippen LogP contribution is -2.25. The predicted octanol–water partition coefficient (Wildman–Crippen LogP) is 3.67. The van der Waals surface area contributed by atoms with E-state index in [1.165, 1.54) is 11.6 Å². The van der Waals surface area contributed by atoms with Crippen LogP contribution in [-0.2, 0) is 6.54 Å². The highest BCUT2D eigenvalue weighted by molar-refractivity contribution is 7.07. The summed E-state index contributed by atoms with van der Waals surface area (Å²) in [4.78, 5) is 2.27. The van der Waals surface area contributed by atoms with Crippen LogP contribution in [0.15, 0.2) is 41.1 Å². The topological polar surface area (TPSA) is 15.3 Å². The predicted molar refractivity (Wildman–Crippen MR) is 83.5 cm³/mol. The second-order valence-corrected chi connectivity index (χ2v) is 5.80. The number of hydrogen-bond donors (Lipinski definition) is 1. The summed E-state index contributed by atoms with van der Waals surface area (Å²) in [5.41, 5.74) is 2.09. The van der Waals surface area contributed by atoms with Gasteiger partial charge < -0.3 is 10.2 Å². The van der Waals surface area contributed by atoms with Gasteiger partial charge in [-0.15, -0.1) is 0 Å². The average Bonchev–Trinajstić information content (AvgIpc) is 2.94. The van der Waals surface area contributed by atoms with Crippen molar-refractivity contribution in [2.24, 2.45) is 0 Å². The van der Waals surface area contributed by atoms with Gasteiger partial charge in [-0.2, -0.15) is 11.3 Å². The maximum atomic E-state index is 13.8. The van der Waals surface area contributed by atoms with E-state index < -0.39 is 0 Å². The third-order valence-corrected chi connectivity index (χ3v) is 4.19. The van der Waals surface area contributed by atoms with Gasteiger partial charge in [-0.25, -0.2) is 4.39 Å². The number of nitrogens with one attached hydrogen (secondary N) is 1. The van der Waals surface area contributed by atoms with Gasteiger partial charge in [0.25, 0.3) is 0 Å². The van der Waals surface area contributed by atoms with Gasteiger partial charge in [0.05, 0.1) is 0 Å². The molecule has 0 saturated heterocycles. The van der Waals surface area contributed by atoms with Gasteiger partial charge in [-0.05, 0) is 55.5 Å². The van der Waals surface area contributed by atoms with Crippen LogP contribution in [0.4, 0.5) is 4.39 Å². The highest BCUT2D eigenvalue weighted by Crippen LogP contribution is 2.20. The lowest BCUT2D eigenvalue weighted by atomic mass is 10.0. The van der Waals surface area contributed by atoms with E-state index in [-0.39, 0.29) is 11.9 Å². The van der Waals surface area contributed by atoms with Crippen LogP contribution in [0.2, 0.25) is 0 Å². The molecule has 0 bridgehead atoms. The molecule has 0 saturated carbocycles. The highest BCUT2D eigenvalue weighted by atomic mass is 32.1. The van der Waals surface area contributed by atoms with E-state index >= 15 is 0 Å². The summed E-state index contributed by atoms with van der Waals surface area (Å²) in [6.07, 6.45) is 0.887. The van der Waals surface area contributed by atoms with E-state index in [0.29, 0.717) is 0 Å². The maximum Gasteiger partial charge on any atom is 0.127 e. The lowest BCUT2D eigenvalue weighted by Gasteiger charge is -2.22. The van der Waals surface area contributed by atoms with Gasteiger partial charge in [0, 0.05) is 18.2 Å². The summed E-state index contributed by atoms with van der Waals surface area (Å²) in [6, 6.07) is 9.20. The molecule has 4 heteroatoms. The minimum absolute atomic E-state index is 0.0566. The molecule has 0 aliphatic carbocycles. The summed E-state index contributed by atoms with van der Waals surface area (Å²) in [6.45, 7) is 1.87. The zero-order valence-corrected chi connectivity index (χ0v) is 12.8. The second-order valence-electron chi connectivity index (χ2n) is 5.02. The van der Waals surface area contributed by atoms with E-state index in [9.17, 15) is 4.39 Å². The number of rotatable bonds is 7. The third-order valence-electron chi connectivity index (χ3n) is 3.46. The van der Waals surface area contributed by atoms with Gasteiger partial charge >= 0.3 is 0 Å². The van der Waals surface area contributed by atoms with E-state index in [4.69, 9.17) is 0 Å². The Balaban J connectivity index is 1.89. The summed E-state index contributed by atoms with van der Waals surface area (Å²) in [5.74, 6) is -0.132. The fourth-order valence-corrected chi connectivity index (χ4v) is 3.00. The Kier molecular flexibility index (Phi) is 5.71. The van der Waals surface area contributed by atoms with Crippen LogP contribution in [0.3, 0.4) is 0 Å². The van der Waals surface area contributed by atoms with Crippen molar-refractivity contribution in [3.8, 4) is 0 Å². The molecule has 20 heavy (non-hydrogen) atoms. The fraction of sp³-hybridized carbons (Fsp3) is 0.375. The van der Waals surface area contributed by atoms with Gasteiger partial charge in [-0.1, -0.05) is 18.2 Å². The zero-order valence-electron chi connectivity index (χ0n) is 12.0. The minimum atomic E-state index is -0.132. The molecule has 0 amide bonds. The number of thiophene rings is 1. The van der Waals surface area contributed by atoms with Crippen LogP contribution in [0, 0.1) is 5.82 Å². The largest absolute Gasteiger partial charge is 0.313 e. The molecule has 1 aromatic heterocycles. The molecule has 0 aliphatic rings. The third kappa shape index (κ3) is 4.13. The molecule has 0 spiro atoms. The first-order valence-electron chi connectivity index (χ1n) is 6.82. The Morgan fingerprint density at radius 1 is 1.30 bits per heavy atom. The SMILES string of the molecule is CNC(CCN(C)Cc1ccsc1)c1ccccc1F. The van der Waals surface area contributed by atoms with Gasteiger partial charge in [0.1, 0.15) is 5.82 Å². The molecule has 1 heterocycles. The van der Waals surface area contributed by atoms with Crippen molar-refractivity contribution in [2.45, 2.75) is 19.0 Å². The number of hydrogen-bond acceptors (Lipinski definition) is 3. The quantitative estimate of drug-likeness (QED) is 0.837. The summed E-state index contributed by atoms with van der Waals surface area (Å²) in [7, 11) is 3.99. The fourth-order valence-electron chi connectivity index (χ4n) is 2.34. The van der Waals surface area contributed by atoms with Crippen LogP contribution in [-0.4, -0.2) is 25.5 Å². The Morgan fingerprint density at radius 2 is 2.10 bits per heavy atom. The van der Waals surface area contributed by atoms with Crippen LogP contribution >= 0.6 is 11.3 Å². The minimum Gasteiger partial charge on any atom is -0.313 e. The number of benzene rings is 1. The van der Waals surface area contributed by atoms with Crippen LogP contribution in [0.1, 0.15) is 23.6 Å². The standard InChI is InChI=1S/C16H21FN2S/c1-18-16(14-5-3-4-6-15(14)17)7-9-19(2)11-13-8-10-20-12-13/h3-6,8,10,12,16,18H,7,9,11H2,1-2H3. The Labute approximate surface area is 124 Å². The monoisotopic (exact) mass is 292 g/mol. The normalized spacial score (nSPS) is 12.8. The second kappa shape index (κ2) is 7.53. The lowest BCUT2D eigenvalue weighted by molar-refractivity contribution is 0.302. The Bertz CT molecular complexity index is 513. The molecular formula is C16H21FN2S. The van der Waals surface area contributed by atoms with E-state index in [0.717, 1.165) is 25.1 Å². The average molecular weight is 292 g/mol. The summed E-state index contributed by atoms with van der Waals surface area (Å²) >= 11 is 1.72. The highest BCUT2D eigenvalue weighted by Gasteiger charge is 2.14. The van der Waals surface area contributed by atoms with Crippen LogP contribution in [0.5, 0.6) is 0 Å². The molecule has 1 N–H and O–H groups in total. The van der Waals surface area contributed by atoms with Crippen molar-refractivity contribution in [3.05, 3.63) is 58.0 Å². The van der Waals surface area contributed by atoms with Gasteiger partial charge in [0.2, 0.25) is 0 Å². The van der Waals surface area contributed by atoms with Crippen molar-refractivity contribution in [1.82, 2.24) is 10.2 Å². The Morgan fingerprint density at radius 3 is 2.75 bits per heavy atom. The molecule has 2 rings (SSSR count). The smallest absolute Gasteiger partial charge is 0.127 e. The van der Waals surface area contributed by atoms with Crippen LogP contribution < -0.4 is 5.32 Å². The molecule has 2 nitrogen and oxygen atoms in total. The van der Waals surface area contributed by atoms with Crippen molar-refractivity contribution < 1.29 is 4.39 Å². The van der Waals surface area contributed by atoms with Gasteiger partial charge in [0.15, 0.2) is 0 Å². The molecule has 0 fully saturated rings. The van der Waals surface area contributed by atoms with Gasteiger partial charge in [-0.3, -0.25) is 0 Å². The first-order valence-corrected chi connectivity index (χ1v) is 7.76. The zero-order chi connectivity index (χ0) is 14.4. The maximum absolute atomic E-state index is 13.8. The molecule has 1 atom stereocenters. The molecule has 1 unspecified atom stereocenters. The van der Waals surface area contributed by atoms with E-state index in [2.05, 4.69) is 34.1 Å². The molecule has 1 aromatic carbocycles. The van der Waals surface area contributed by atoms with Crippen molar-refractivity contribution in [1.29, 1.82) is 0 Å².